The molecular weight excluding hydrogens is 198 g/mol. The number of likely N-dealkylation sites (N-methyl/N-ethyl adjacent to an activating group) is 1. The average molecular weight is 221 g/mol. The van der Waals surface area contributed by atoms with Crippen molar-refractivity contribution in [3.05, 3.63) is 29.3 Å². The summed E-state index contributed by atoms with van der Waals surface area (Å²) < 4.78 is 5.53. The molecule has 0 aromatic heterocycles. The van der Waals surface area contributed by atoms with E-state index in [0.717, 1.165) is 18.8 Å². The maximum atomic E-state index is 5.53. The normalized spacial score (nSPS) is 11.6. The van der Waals surface area contributed by atoms with Crippen molar-refractivity contribution in [3.63, 3.8) is 0 Å². The van der Waals surface area contributed by atoms with Gasteiger partial charge in [-0.2, -0.15) is 0 Å². The molecule has 0 amide bonds. The maximum absolute atomic E-state index is 5.53. The molecule has 0 aliphatic rings. The summed E-state index contributed by atoms with van der Waals surface area (Å²) in [6, 6.07) is 6.43. The van der Waals surface area contributed by atoms with Gasteiger partial charge >= 0.3 is 0 Å². The topological polar surface area (TPSA) is 21.3 Å². The highest BCUT2D eigenvalue weighted by Gasteiger charge is 2.15. The second-order valence-corrected chi connectivity index (χ2v) is 4.84. The fourth-order valence-corrected chi connectivity index (χ4v) is 1.74. The predicted molar refractivity (Wildman–Crippen MR) is 69.2 cm³/mol. The lowest BCUT2D eigenvalue weighted by atomic mass is 9.94. The molecule has 0 heterocycles. The zero-order valence-electron chi connectivity index (χ0n) is 11.1. The van der Waals surface area contributed by atoms with Crippen LogP contribution in [0, 0.1) is 6.92 Å². The smallest absolute Gasteiger partial charge is 0.122 e. The summed E-state index contributed by atoms with van der Waals surface area (Å²) >= 11 is 0. The molecule has 1 aromatic rings. The van der Waals surface area contributed by atoms with Crippen LogP contribution in [0.1, 0.15) is 31.9 Å². The Bertz CT molecular complexity index is 345. The molecule has 0 unspecified atom stereocenters. The first-order valence-electron chi connectivity index (χ1n) is 5.90. The van der Waals surface area contributed by atoms with E-state index in [1.807, 2.05) is 14.0 Å². The molecule has 0 saturated carbocycles. The fourth-order valence-electron chi connectivity index (χ4n) is 1.74. The van der Waals surface area contributed by atoms with Crippen LogP contribution >= 0.6 is 0 Å². The van der Waals surface area contributed by atoms with Gasteiger partial charge in [0.15, 0.2) is 0 Å². The summed E-state index contributed by atoms with van der Waals surface area (Å²) in [4.78, 5) is 0. The largest absolute Gasteiger partial charge is 0.494 e. The predicted octanol–water partition coefficient (Wildman–Crippen LogP) is 2.93. The second kappa shape index (κ2) is 5.35. The molecule has 1 rings (SSSR count). The van der Waals surface area contributed by atoms with Gasteiger partial charge in [-0.1, -0.05) is 12.1 Å². The zero-order valence-corrected chi connectivity index (χ0v) is 11.1. The number of hydrogen-bond donors (Lipinski definition) is 1. The van der Waals surface area contributed by atoms with Crippen molar-refractivity contribution in [1.29, 1.82) is 0 Å². The Kier molecular flexibility index (Phi) is 4.36. The molecule has 0 spiro atoms. The monoisotopic (exact) mass is 221 g/mol. The highest BCUT2D eigenvalue weighted by atomic mass is 16.5. The van der Waals surface area contributed by atoms with Crippen molar-refractivity contribution >= 4 is 0 Å². The van der Waals surface area contributed by atoms with Crippen LogP contribution in [0.3, 0.4) is 0 Å². The Labute approximate surface area is 99.0 Å². The molecule has 0 atom stereocenters. The quantitative estimate of drug-likeness (QED) is 0.825. The lowest BCUT2D eigenvalue weighted by Gasteiger charge is -2.24. The molecule has 16 heavy (non-hydrogen) atoms. The number of benzene rings is 1. The van der Waals surface area contributed by atoms with Gasteiger partial charge in [0.25, 0.3) is 0 Å². The van der Waals surface area contributed by atoms with Crippen LogP contribution < -0.4 is 10.1 Å². The molecule has 0 aliphatic carbocycles. The van der Waals surface area contributed by atoms with E-state index >= 15 is 0 Å². The van der Waals surface area contributed by atoms with Gasteiger partial charge in [-0.25, -0.2) is 0 Å². The van der Waals surface area contributed by atoms with Gasteiger partial charge in [-0.3, -0.25) is 0 Å². The SMILES string of the molecule is CCOc1ccc(CC(C)(C)NC)cc1C. The fraction of sp³-hybridized carbons (Fsp3) is 0.571. The Morgan fingerprint density at radius 3 is 2.50 bits per heavy atom. The number of aryl methyl sites for hydroxylation is 1. The third-order valence-electron chi connectivity index (χ3n) is 2.86. The summed E-state index contributed by atoms with van der Waals surface area (Å²) in [6.45, 7) is 9.25. The van der Waals surface area contributed by atoms with Crippen LogP contribution in [-0.2, 0) is 6.42 Å². The molecule has 0 bridgehead atoms. The van der Waals surface area contributed by atoms with Crippen LogP contribution in [0.5, 0.6) is 5.75 Å². The third-order valence-corrected chi connectivity index (χ3v) is 2.86. The van der Waals surface area contributed by atoms with E-state index in [0.29, 0.717) is 0 Å². The van der Waals surface area contributed by atoms with Crippen molar-refractivity contribution in [3.8, 4) is 5.75 Å². The molecule has 2 nitrogen and oxygen atoms in total. The summed E-state index contributed by atoms with van der Waals surface area (Å²) in [6.07, 6.45) is 1.02. The van der Waals surface area contributed by atoms with E-state index in [1.54, 1.807) is 0 Å². The Balaban J connectivity index is 2.81. The zero-order chi connectivity index (χ0) is 12.2. The Morgan fingerprint density at radius 2 is 2.00 bits per heavy atom. The van der Waals surface area contributed by atoms with E-state index in [1.165, 1.54) is 11.1 Å². The van der Waals surface area contributed by atoms with Gasteiger partial charge in [0.1, 0.15) is 5.75 Å². The van der Waals surface area contributed by atoms with Gasteiger partial charge < -0.3 is 10.1 Å². The van der Waals surface area contributed by atoms with Crippen molar-refractivity contribution < 1.29 is 4.74 Å². The first kappa shape index (κ1) is 13.0. The van der Waals surface area contributed by atoms with Crippen molar-refractivity contribution in [2.45, 2.75) is 39.7 Å². The Hall–Kier alpha value is -1.02. The molecule has 90 valence electrons. The number of nitrogens with one attached hydrogen (secondary N) is 1. The Morgan fingerprint density at radius 1 is 1.31 bits per heavy atom. The minimum absolute atomic E-state index is 0.138. The highest BCUT2D eigenvalue weighted by Crippen LogP contribution is 2.21. The highest BCUT2D eigenvalue weighted by molar-refractivity contribution is 5.36. The van der Waals surface area contributed by atoms with Crippen LogP contribution in [0.4, 0.5) is 0 Å². The molecule has 0 fully saturated rings. The number of hydrogen-bond acceptors (Lipinski definition) is 2. The van der Waals surface area contributed by atoms with Gasteiger partial charge in [0.2, 0.25) is 0 Å². The molecular formula is C14H23NO. The molecule has 1 aromatic carbocycles. The standard InChI is InChI=1S/C14H23NO/c1-6-16-13-8-7-12(9-11(13)2)10-14(3,4)15-5/h7-9,15H,6,10H2,1-5H3. The molecule has 2 heteroatoms. The van der Waals surface area contributed by atoms with Gasteiger partial charge in [-0.05, 0) is 58.4 Å². The number of ether oxygens (including phenoxy) is 1. The summed E-state index contributed by atoms with van der Waals surface area (Å²) in [5, 5.41) is 3.32. The lowest BCUT2D eigenvalue weighted by molar-refractivity contribution is 0.337. The summed E-state index contributed by atoms with van der Waals surface area (Å²) in [5.74, 6) is 0.994. The van der Waals surface area contributed by atoms with Crippen LogP contribution in [0.15, 0.2) is 18.2 Å². The molecule has 0 saturated heterocycles. The van der Waals surface area contributed by atoms with Gasteiger partial charge in [-0.15, -0.1) is 0 Å². The first-order valence-corrected chi connectivity index (χ1v) is 5.90. The minimum atomic E-state index is 0.138. The molecule has 0 aliphatic heterocycles. The van der Waals surface area contributed by atoms with Crippen LogP contribution in [0.25, 0.3) is 0 Å². The van der Waals surface area contributed by atoms with E-state index in [-0.39, 0.29) is 5.54 Å². The first-order chi connectivity index (χ1) is 7.48. The minimum Gasteiger partial charge on any atom is -0.494 e. The van der Waals surface area contributed by atoms with E-state index in [9.17, 15) is 0 Å². The van der Waals surface area contributed by atoms with E-state index in [4.69, 9.17) is 4.74 Å². The second-order valence-electron chi connectivity index (χ2n) is 4.84. The van der Waals surface area contributed by atoms with Gasteiger partial charge in [0, 0.05) is 5.54 Å². The van der Waals surface area contributed by atoms with Crippen molar-refractivity contribution in [1.82, 2.24) is 5.32 Å². The summed E-state index contributed by atoms with van der Waals surface area (Å²) in [7, 11) is 2.00. The third kappa shape index (κ3) is 3.53. The van der Waals surface area contributed by atoms with Crippen LogP contribution in [-0.4, -0.2) is 19.2 Å². The molecule has 0 radical (unpaired) electrons. The summed E-state index contributed by atoms with van der Waals surface area (Å²) in [5.41, 5.74) is 2.70. The maximum Gasteiger partial charge on any atom is 0.122 e. The van der Waals surface area contributed by atoms with E-state index in [2.05, 4.69) is 44.3 Å². The van der Waals surface area contributed by atoms with Crippen molar-refractivity contribution in [2.24, 2.45) is 0 Å². The number of rotatable bonds is 5. The van der Waals surface area contributed by atoms with Crippen molar-refractivity contribution in [2.75, 3.05) is 13.7 Å². The van der Waals surface area contributed by atoms with Crippen LogP contribution in [0.2, 0.25) is 0 Å². The average Bonchev–Trinajstić information content (AvgIpc) is 2.22. The lowest BCUT2D eigenvalue weighted by Crippen LogP contribution is -2.38. The van der Waals surface area contributed by atoms with Gasteiger partial charge in [0.05, 0.1) is 6.61 Å². The van der Waals surface area contributed by atoms with E-state index < -0.39 is 0 Å². The molecule has 1 N–H and O–H groups in total.